The van der Waals surface area contributed by atoms with Crippen molar-refractivity contribution in [2.45, 2.75) is 38.0 Å². The normalized spacial score (nSPS) is 15.3. The molecule has 0 atom stereocenters. The predicted molar refractivity (Wildman–Crippen MR) is 86.4 cm³/mol. The Morgan fingerprint density at radius 2 is 2.05 bits per heavy atom. The van der Waals surface area contributed by atoms with Gasteiger partial charge in [-0.15, -0.1) is 0 Å². The molecule has 110 valence electrons. The molecule has 0 amide bonds. The third kappa shape index (κ3) is 3.32. The predicted octanol–water partition coefficient (Wildman–Crippen LogP) is 4.40. The SMILES string of the molecule is COc1ccccc1Cc1nc(=S)cc(C2CCCC2)[nH]1. The first-order valence-corrected chi connectivity index (χ1v) is 7.89. The van der Waals surface area contributed by atoms with Crippen LogP contribution >= 0.6 is 12.2 Å². The smallest absolute Gasteiger partial charge is 0.130 e. The molecule has 1 fully saturated rings. The molecule has 0 aliphatic heterocycles. The van der Waals surface area contributed by atoms with Gasteiger partial charge in [-0.3, -0.25) is 0 Å². The van der Waals surface area contributed by atoms with Crippen LogP contribution in [0.4, 0.5) is 0 Å². The van der Waals surface area contributed by atoms with Crippen LogP contribution in [-0.2, 0) is 6.42 Å². The van der Waals surface area contributed by atoms with Gasteiger partial charge in [-0.2, -0.15) is 0 Å². The summed E-state index contributed by atoms with van der Waals surface area (Å²) in [7, 11) is 1.70. The summed E-state index contributed by atoms with van der Waals surface area (Å²) in [5, 5.41) is 0. The maximum Gasteiger partial charge on any atom is 0.130 e. The van der Waals surface area contributed by atoms with Gasteiger partial charge in [0.05, 0.1) is 7.11 Å². The van der Waals surface area contributed by atoms with E-state index in [1.807, 2.05) is 24.3 Å². The van der Waals surface area contributed by atoms with Gasteiger partial charge in [-0.1, -0.05) is 43.3 Å². The van der Waals surface area contributed by atoms with E-state index in [1.54, 1.807) is 7.11 Å². The first-order chi connectivity index (χ1) is 10.3. The summed E-state index contributed by atoms with van der Waals surface area (Å²) in [6.45, 7) is 0. The third-order valence-corrected chi connectivity index (χ3v) is 4.37. The van der Waals surface area contributed by atoms with Crippen molar-refractivity contribution in [3.8, 4) is 5.75 Å². The van der Waals surface area contributed by atoms with E-state index in [1.165, 1.54) is 31.4 Å². The Morgan fingerprint density at radius 1 is 1.29 bits per heavy atom. The summed E-state index contributed by atoms with van der Waals surface area (Å²) in [6.07, 6.45) is 5.85. The Morgan fingerprint density at radius 3 is 2.81 bits per heavy atom. The summed E-state index contributed by atoms with van der Waals surface area (Å²) in [5.74, 6) is 2.44. The Kier molecular flexibility index (Phi) is 4.34. The van der Waals surface area contributed by atoms with Gasteiger partial charge >= 0.3 is 0 Å². The van der Waals surface area contributed by atoms with E-state index in [4.69, 9.17) is 17.0 Å². The maximum atomic E-state index is 5.41. The fourth-order valence-corrected chi connectivity index (χ4v) is 3.34. The lowest BCUT2D eigenvalue weighted by atomic mass is 10.0. The van der Waals surface area contributed by atoms with Gasteiger partial charge in [0, 0.05) is 17.7 Å². The van der Waals surface area contributed by atoms with E-state index in [2.05, 4.69) is 16.0 Å². The van der Waals surface area contributed by atoms with Crippen LogP contribution in [0.15, 0.2) is 30.3 Å². The van der Waals surface area contributed by atoms with Crippen LogP contribution < -0.4 is 4.74 Å². The van der Waals surface area contributed by atoms with Crippen molar-refractivity contribution in [3.63, 3.8) is 0 Å². The van der Waals surface area contributed by atoms with Gasteiger partial charge in [-0.25, -0.2) is 4.98 Å². The molecule has 0 saturated heterocycles. The van der Waals surface area contributed by atoms with E-state index < -0.39 is 0 Å². The Hall–Kier alpha value is -1.68. The summed E-state index contributed by atoms with van der Waals surface area (Å²) in [6, 6.07) is 10.1. The number of methoxy groups -OCH3 is 1. The summed E-state index contributed by atoms with van der Waals surface area (Å²) in [5.41, 5.74) is 2.37. The van der Waals surface area contributed by atoms with Crippen LogP contribution in [0.2, 0.25) is 0 Å². The van der Waals surface area contributed by atoms with Crippen molar-refractivity contribution in [1.82, 2.24) is 9.97 Å². The molecule has 1 heterocycles. The fourth-order valence-electron chi connectivity index (χ4n) is 3.10. The van der Waals surface area contributed by atoms with Crippen LogP contribution in [-0.4, -0.2) is 17.1 Å². The number of hydrogen-bond acceptors (Lipinski definition) is 3. The zero-order valence-electron chi connectivity index (χ0n) is 12.3. The van der Waals surface area contributed by atoms with Crippen molar-refractivity contribution in [3.05, 3.63) is 52.1 Å². The van der Waals surface area contributed by atoms with E-state index in [0.29, 0.717) is 17.0 Å². The van der Waals surface area contributed by atoms with Gasteiger partial charge in [0.2, 0.25) is 0 Å². The molecule has 3 rings (SSSR count). The molecule has 0 unspecified atom stereocenters. The molecule has 4 heteroatoms. The molecule has 1 aromatic carbocycles. The molecule has 0 spiro atoms. The topological polar surface area (TPSA) is 37.9 Å². The van der Waals surface area contributed by atoms with E-state index in [0.717, 1.165) is 17.1 Å². The highest BCUT2D eigenvalue weighted by molar-refractivity contribution is 7.71. The van der Waals surface area contributed by atoms with E-state index >= 15 is 0 Å². The summed E-state index contributed by atoms with van der Waals surface area (Å²) in [4.78, 5) is 7.97. The number of nitrogens with zero attached hydrogens (tertiary/aromatic N) is 1. The van der Waals surface area contributed by atoms with Crippen molar-refractivity contribution >= 4 is 12.2 Å². The van der Waals surface area contributed by atoms with Crippen LogP contribution in [0, 0.1) is 4.64 Å². The largest absolute Gasteiger partial charge is 0.496 e. The van der Waals surface area contributed by atoms with Crippen LogP contribution in [0.25, 0.3) is 0 Å². The standard InChI is InChI=1S/C17H20N2OS/c1-20-15-9-5-4-8-13(15)10-16-18-14(11-17(21)19-16)12-6-2-3-7-12/h4-5,8-9,11-12H,2-3,6-7,10H2,1H3,(H,18,19,21). The minimum atomic E-state index is 0.617. The molecule has 1 N–H and O–H groups in total. The van der Waals surface area contributed by atoms with E-state index in [-0.39, 0.29) is 0 Å². The average Bonchev–Trinajstić information content (AvgIpc) is 3.01. The van der Waals surface area contributed by atoms with Crippen molar-refractivity contribution in [1.29, 1.82) is 0 Å². The first kappa shape index (κ1) is 14.3. The lowest BCUT2D eigenvalue weighted by molar-refractivity contribution is 0.410. The number of rotatable bonds is 4. The monoisotopic (exact) mass is 300 g/mol. The van der Waals surface area contributed by atoms with Crippen LogP contribution in [0.3, 0.4) is 0 Å². The molecule has 0 radical (unpaired) electrons. The second kappa shape index (κ2) is 6.39. The second-order valence-corrected chi connectivity index (χ2v) is 6.01. The molecule has 3 nitrogen and oxygen atoms in total. The molecule has 2 aromatic rings. The molecule has 1 aromatic heterocycles. The van der Waals surface area contributed by atoms with Crippen molar-refractivity contribution < 1.29 is 4.74 Å². The zero-order valence-corrected chi connectivity index (χ0v) is 13.1. The zero-order chi connectivity index (χ0) is 14.7. The average molecular weight is 300 g/mol. The second-order valence-electron chi connectivity index (χ2n) is 5.59. The van der Waals surface area contributed by atoms with Gasteiger partial charge in [-0.05, 0) is 30.9 Å². The number of ether oxygens (including phenoxy) is 1. The number of H-pyrrole nitrogens is 1. The van der Waals surface area contributed by atoms with Crippen LogP contribution in [0.5, 0.6) is 5.75 Å². The maximum absolute atomic E-state index is 5.41. The molecular formula is C17H20N2OS. The minimum absolute atomic E-state index is 0.617. The van der Waals surface area contributed by atoms with Crippen molar-refractivity contribution in [2.75, 3.05) is 7.11 Å². The number of aromatic nitrogens is 2. The third-order valence-electron chi connectivity index (χ3n) is 4.16. The molecule has 0 bridgehead atoms. The van der Waals surface area contributed by atoms with Crippen molar-refractivity contribution in [2.24, 2.45) is 0 Å². The highest BCUT2D eigenvalue weighted by Gasteiger charge is 2.18. The molecule has 21 heavy (non-hydrogen) atoms. The minimum Gasteiger partial charge on any atom is -0.496 e. The number of para-hydroxylation sites is 1. The van der Waals surface area contributed by atoms with Gasteiger partial charge in [0.25, 0.3) is 0 Å². The number of hydrogen-bond donors (Lipinski definition) is 1. The lowest BCUT2D eigenvalue weighted by Crippen LogP contribution is -2.04. The fraction of sp³-hybridized carbons (Fsp3) is 0.412. The molecule has 1 aliphatic carbocycles. The molecule has 1 aliphatic rings. The highest BCUT2D eigenvalue weighted by atomic mass is 32.1. The highest BCUT2D eigenvalue weighted by Crippen LogP contribution is 2.33. The number of nitrogens with one attached hydrogen (secondary N) is 1. The number of aromatic amines is 1. The number of benzene rings is 1. The lowest BCUT2D eigenvalue weighted by Gasteiger charge is -2.12. The molecular weight excluding hydrogens is 280 g/mol. The van der Waals surface area contributed by atoms with Gasteiger partial charge < -0.3 is 9.72 Å². The Labute approximate surface area is 130 Å². The van der Waals surface area contributed by atoms with Crippen LogP contribution in [0.1, 0.15) is 48.7 Å². The quantitative estimate of drug-likeness (QED) is 0.851. The Balaban J connectivity index is 1.90. The first-order valence-electron chi connectivity index (χ1n) is 7.48. The van der Waals surface area contributed by atoms with Gasteiger partial charge in [0.15, 0.2) is 0 Å². The summed E-state index contributed by atoms with van der Waals surface area (Å²) < 4.78 is 6.09. The van der Waals surface area contributed by atoms with Gasteiger partial charge in [0.1, 0.15) is 16.2 Å². The Bertz CT molecular complexity index is 674. The summed E-state index contributed by atoms with van der Waals surface area (Å²) >= 11 is 5.34. The van der Waals surface area contributed by atoms with E-state index in [9.17, 15) is 0 Å². The molecule has 1 saturated carbocycles.